The predicted octanol–water partition coefficient (Wildman–Crippen LogP) is 4.62. The van der Waals surface area contributed by atoms with E-state index in [4.69, 9.17) is 4.74 Å². The van der Waals surface area contributed by atoms with Gasteiger partial charge in [-0.25, -0.2) is 4.39 Å². The molecule has 0 bridgehead atoms. The van der Waals surface area contributed by atoms with Crippen LogP contribution in [-0.4, -0.2) is 51.8 Å². The fraction of sp³-hybridized carbons (Fsp3) is 0.240. The number of morpholine rings is 1. The second kappa shape index (κ2) is 9.67. The third-order valence-electron chi connectivity index (χ3n) is 6.03. The molecule has 1 aliphatic heterocycles. The Morgan fingerprint density at radius 2 is 1.97 bits per heavy atom. The minimum atomic E-state index is -4.68. The van der Waals surface area contributed by atoms with E-state index in [0.29, 0.717) is 11.4 Å². The van der Waals surface area contributed by atoms with Crippen LogP contribution in [0.3, 0.4) is 0 Å². The number of H-pyrrole nitrogens is 1. The van der Waals surface area contributed by atoms with Gasteiger partial charge >= 0.3 is 6.18 Å². The van der Waals surface area contributed by atoms with Gasteiger partial charge in [-0.2, -0.15) is 18.3 Å². The highest BCUT2D eigenvalue weighted by Gasteiger charge is 2.36. The fourth-order valence-corrected chi connectivity index (χ4v) is 4.26. The minimum Gasteiger partial charge on any atom is -0.366 e. The van der Waals surface area contributed by atoms with Crippen LogP contribution < -0.4 is 5.32 Å². The number of nitrogens with one attached hydrogen (secondary N) is 2. The van der Waals surface area contributed by atoms with E-state index in [9.17, 15) is 22.4 Å². The molecule has 1 aliphatic rings. The second-order valence-corrected chi connectivity index (χ2v) is 8.42. The molecule has 7 nitrogen and oxygen atoms in total. The third-order valence-corrected chi connectivity index (χ3v) is 6.03. The van der Waals surface area contributed by atoms with Crippen molar-refractivity contribution in [2.45, 2.75) is 18.8 Å². The highest BCUT2D eigenvalue weighted by molar-refractivity contribution is 5.99. The number of ether oxygens (including phenoxy) is 1. The normalized spacial score (nSPS) is 16.8. The summed E-state index contributed by atoms with van der Waals surface area (Å²) in [6.07, 6.45) is -2.29. The van der Waals surface area contributed by atoms with Crippen LogP contribution in [0.1, 0.15) is 11.1 Å². The van der Waals surface area contributed by atoms with E-state index in [-0.39, 0.29) is 26.2 Å². The lowest BCUT2D eigenvalue weighted by atomic mass is 10.1. The maximum absolute atomic E-state index is 14.3. The summed E-state index contributed by atoms with van der Waals surface area (Å²) in [5.74, 6) is -1.38. The number of halogens is 4. The van der Waals surface area contributed by atoms with Crippen LogP contribution in [0.15, 0.2) is 60.9 Å². The number of amides is 1. The van der Waals surface area contributed by atoms with Crippen molar-refractivity contribution in [3.63, 3.8) is 0 Å². The van der Waals surface area contributed by atoms with Crippen molar-refractivity contribution in [1.29, 1.82) is 0 Å². The Balaban J connectivity index is 1.30. The summed E-state index contributed by atoms with van der Waals surface area (Å²) in [7, 11) is 0. The molecule has 36 heavy (non-hydrogen) atoms. The van der Waals surface area contributed by atoms with E-state index >= 15 is 0 Å². The van der Waals surface area contributed by atoms with E-state index in [0.717, 1.165) is 34.7 Å². The maximum atomic E-state index is 14.3. The zero-order chi connectivity index (χ0) is 25.3. The summed E-state index contributed by atoms with van der Waals surface area (Å²) in [5, 5.41) is 10.9. The number of hydrogen-bond acceptors (Lipinski definition) is 5. The Morgan fingerprint density at radius 3 is 2.75 bits per heavy atom. The number of carbonyl (C=O) groups is 1. The molecular weight excluding hydrogens is 478 g/mol. The van der Waals surface area contributed by atoms with E-state index in [1.807, 2.05) is 12.1 Å². The summed E-state index contributed by atoms with van der Waals surface area (Å²) < 4.78 is 60.0. The lowest BCUT2D eigenvalue weighted by Crippen LogP contribution is -2.47. The molecule has 2 aromatic carbocycles. The topological polar surface area (TPSA) is 83.1 Å². The van der Waals surface area contributed by atoms with Crippen molar-refractivity contribution in [3.05, 3.63) is 77.9 Å². The highest BCUT2D eigenvalue weighted by Crippen LogP contribution is 2.34. The maximum Gasteiger partial charge on any atom is 0.416 e. The van der Waals surface area contributed by atoms with Crippen LogP contribution in [0, 0.1) is 5.82 Å². The zero-order valence-electron chi connectivity index (χ0n) is 18.8. The number of anilines is 1. The molecule has 3 heterocycles. The van der Waals surface area contributed by atoms with Gasteiger partial charge in [0.05, 0.1) is 17.7 Å². The summed E-state index contributed by atoms with van der Waals surface area (Å²) in [5.41, 5.74) is 1.39. The Labute approximate surface area is 203 Å². The van der Waals surface area contributed by atoms with Crippen LogP contribution in [-0.2, 0) is 22.3 Å². The first kappa shape index (κ1) is 23.9. The van der Waals surface area contributed by atoms with Gasteiger partial charge in [-0.1, -0.05) is 6.07 Å². The van der Waals surface area contributed by atoms with Gasteiger partial charge in [0.15, 0.2) is 0 Å². The molecule has 2 N–H and O–H groups in total. The lowest BCUT2D eigenvalue weighted by Gasteiger charge is -2.32. The summed E-state index contributed by atoms with van der Waals surface area (Å²) in [6, 6.07) is 11.8. The number of aromatic amines is 1. The van der Waals surface area contributed by atoms with Crippen molar-refractivity contribution in [2.24, 2.45) is 0 Å². The molecule has 5 rings (SSSR count). The lowest BCUT2D eigenvalue weighted by molar-refractivity contribution is -0.140. The average molecular weight is 499 g/mol. The van der Waals surface area contributed by atoms with Crippen molar-refractivity contribution in [2.75, 3.05) is 25.0 Å². The number of alkyl halides is 3. The number of rotatable bonds is 5. The van der Waals surface area contributed by atoms with Crippen molar-refractivity contribution in [3.8, 4) is 11.3 Å². The van der Waals surface area contributed by atoms with Crippen molar-refractivity contribution in [1.82, 2.24) is 20.1 Å². The van der Waals surface area contributed by atoms with Crippen LogP contribution >= 0.6 is 0 Å². The minimum absolute atomic E-state index is 0.0215. The molecule has 1 atom stereocenters. The number of hydrogen-bond donors (Lipinski definition) is 2. The zero-order valence-corrected chi connectivity index (χ0v) is 18.8. The van der Waals surface area contributed by atoms with Crippen LogP contribution in [0.5, 0.6) is 0 Å². The predicted molar refractivity (Wildman–Crippen MR) is 124 cm³/mol. The SMILES string of the molecule is O=C(Nc1ccc2[nH]nc(-c3ccncc3)c2c1)C1CN(Cc2c(F)cccc2C(F)(F)F)CCO1. The molecule has 4 aromatic rings. The second-order valence-electron chi connectivity index (χ2n) is 8.42. The van der Waals surface area contributed by atoms with Gasteiger partial charge in [0, 0.05) is 54.2 Å². The highest BCUT2D eigenvalue weighted by atomic mass is 19.4. The van der Waals surface area contributed by atoms with E-state index in [1.54, 1.807) is 35.5 Å². The molecule has 0 radical (unpaired) electrons. The molecule has 0 spiro atoms. The van der Waals surface area contributed by atoms with Crippen molar-refractivity contribution >= 4 is 22.5 Å². The van der Waals surface area contributed by atoms with Crippen LogP contribution in [0.25, 0.3) is 22.2 Å². The van der Waals surface area contributed by atoms with E-state index in [1.165, 1.54) is 0 Å². The van der Waals surface area contributed by atoms with Crippen LogP contribution in [0.4, 0.5) is 23.2 Å². The molecule has 1 amide bonds. The van der Waals surface area contributed by atoms with Gasteiger partial charge in [-0.15, -0.1) is 0 Å². The fourth-order valence-electron chi connectivity index (χ4n) is 4.26. The Morgan fingerprint density at radius 1 is 1.17 bits per heavy atom. The van der Waals surface area contributed by atoms with Crippen molar-refractivity contribution < 1.29 is 27.1 Å². The quantitative estimate of drug-likeness (QED) is 0.392. The molecule has 0 saturated carbocycles. The van der Waals surface area contributed by atoms with E-state index in [2.05, 4.69) is 20.5 Å². The standard InChI is InChI=1S/C25H21F4N5O2/c26-20-3-1-2-19(25(27,28)29)18(20)13-34-10-11-36-22(14-34)24(35)31-16-4-5-21-17(12-16)23(33-32-21)15-6-8-30-9-7-15/h1-9,12,22H,10-11,13-14H2,(H,31,35)(H,32,33). The first-order chi connectivity index (χ1) is 17.3. The van der Waals surface area contributed by atoms with Gasteiger partial charge in [-0.05, 0) is 42.5 Å². The van der Waals surface area contributed by atoms with Gasteiger partial charge in [0.1, 0.15) is 17.6 Å². The molecule has 0 aliphatic carbocycles. The first-order valence-corrected chi connectivity index (χ1v) is 11.2. The van der Waals surface area contributed by atoms with Gasteiger partial charge < -0.3 is 10.1 Å². The molecule has 1 saturated heterocycles. The number of pyridine rings is 1. The van der Waals surface area contributed by atoms with Gasteiger partial charge in [0.2, 0.25) is 0 Å². The number of carbonyl (C=O) groups excluding carboxylic acids is 1. The number of benzene rings is 2. The van der Waals surface area contributed by atoms with Gasteiger partial charge in [-0.3, -0.25) is 19.8 Å². The summed E-state index contributed by atoms with van der Waals surface area (Å²) >= 11 is 0. The number of nitrogens with zero attached hydrogens (tertiary/aromatic N) is 3. The molecule has 1 fully saturated rings. The summed E-state index contributed by atoms with van der Waals surface area (Å²) in [6.45, 7) is 0.130. The molecule has 2 aromatic heterocycles. The summed E-state index contributed by atoms with van der Waals surface area (Å²) in [4.78, 5) is 18.5. The Hall–Kier alpha value is -3.83. The largest absolute Gasteiger partial charge is 0.416 e. The molecule has 1 unspecified atom stereocenters. The Bertz CT molecular complexity index is 1390. The number of aromatic nitrogens is 3. The Kier molecular flexibility index (Phi) is 6.42. The monoisotopic (exact) mass is 499 g/mol. The third kappa shape index (κ3) is 4.93. The first-order valence-electron chi connectivity index (χ1n) is 11.2. The molecular formula is C25H21F4N5O2. The average Bonchev–Trinajstić information content (AvgIpc) is 3.28. The van der Waals surface area contributed by atoms with Gasteiger partial charge in [0.25, 0.3) is 5.91 Å². The molecule has 11 heteroatoms. The van der Waals surface area contributed by atoms with E-state index < -0.39 is 35.1 Å². The smallest absolute Gasteiger partial charge is 0.366 e. The number of fused-ring (bicyclic) bond motifs is 1. The molecule has 186 valence electrons. The van der Waals surface area contributed by atoms with Crippen LogP contribution in [0.2, 0.25) is 0 Å².